The van der Waals surface area contributed by atoms with Gasteiger partial charge in [0.25, 0.3) is 0 Å². The number of aromatic nitrogens is 1. The number of benzene rings is 1. The standard InChI is InChI=1S/C21H23F4NO4/c1-12(2)11-30-19(29)20(3,4)26-9-15(13-5-7-14(22)8-6-13)17(27)16(10-26)18(28)21(23,24)25/h5-10,12,18,28H,11H2,1-4H3. The van der Waals surface area contributed by atoms with Crippen molar-refractivity contribution in [2.75, 3.05) is 6.61 Å². The topological polar surface area (TPSA) is 68.5 Å². The summed E-state index contributed by atoms with van der Waals surface area (Å²) < 4.78 is 59.0. The first kappa shape index (κ1) is 23.6. The molecular weight excluding hydrogens is 406 g/mol. The molecular formula is C21H23F4NO4. The van der Waals surface area contributed by atoms with Gasteiger partial charge >= 0.3 is 12.1 Å². The number of halogens is 4. The van der Waals surface area contributed by atoms with Crippen molar-refractivity contribution in [3.63, 3.8) is 0 Å². The minimum atomic E-state index is -5.10. The molecule has 1 N–H and O–H groups in total. The number of aliphatic hydroxyl groups excluding tert-OH is 1. The van der Waals surface area contributed by atoms with Gasteiger partial charge in [0.1, 0.15) is 11.4 Å². The van der Waals surface area contributed by atoms with Crippen LogP contribution in [0, 0.1) is 11.7 Å². The average molecular weight is 429 g/mol. The van der Waals surface area contributed by atoms with Crippen molar-refractivity contribution in [2.45, 2.75) is 45.5 Å². The summed E-state index contributed by atoms with van der Waals surface area (Å²) in [6.07, 6.45) is -6.16. The highest BCUT2D eigenvalue weighted by atomic mass is 19.4. The summed E-state index contributed by atoms with van der Waals surface area (Å²) in [5.41, 5.74) is -3.60. The van der Waals surface area contributed by atoms with E-state index >= 15 is 0 Å². The molecule has 0 fully saturated rings. The van der Waals surface area contributed by atoms with Gasteiger partial charge in [-0.2, -0.15) is 13.2 Å². The number of carbonyl (C=O) groups is 1. The summed E-state index contributed by atoms with van der Waals surface area (Å²) in [6, 6.07) is 4.55. The molecule has 1 aromatic carbocycles. The Morgan fingerprint density at radius 2 is 1.70 bits per heavy atom. The molecule has 0 radical (unpaired) electrons. The maximum Gasteiger partial charge on any atom is 0.418 e. The lowest BCUT2D eigenvalue weighted by Gasteiger charge is -2.28. The van der Waals surface area contributed by atoms with Crippen LogP contribution in [-0.4, -0.2) is 28.4 Å². The number of alkyl halides is 3. The van der Waals surface area contributed by atoms with E-state index in [0.29, 0.717) is 0 Å². The molecule has 2 rings (SSSR count). The van der Waals surface area contributed by atoms with Crippen LogP contribution in [0.4, 0.5) is 17.6 Å². The third kappa shape index (κ3) is 5.08. The summed E-state index contributed by atoms with van der Waals surface area (Å²) in [5, 5.41) is 9.74. The van der Waals surface area contributed by atoms with E-state index < -0.39 is 40.6 Å². The number of ether oxygens (including phenoxy) is 1. The van der Waals surface area contributed by atoms with Gasteiger partial charge < -0.3 is 14.4 Å². The molecule has 5 nitrogen and oxygen atoms in total. The molecule has 1 unspecified atom stereocenters. The van der Waals surface area contributed by atoms with Crippen LogP contribution < -0.4 is 5.43 Å². The van der Waals surface area contributed by atoms with Gasteiger partial charge in [-0.1, -0.05) is 26.0 Å². The quantitative estimate of drug-likeness (QED) is 0.553. The van der Waals surface area contributed by atoms with Crippen LogP contribution in [0.2, 0.25) is 0 Å². The highest BCUT2D eigenvalue weighted by Gasteiger charge is 2.42. The zero-order valence-electron chi connectivity index (χ0n) is 17.0. The van der Waals surface area contributed by atoms with Crippen LogP contribution in [0.25, 0.3) is 11.1 Å². The number of carbonyl (C=O) groups excluding carboxylic acids is 1. The first-order valence-corrected chi connectivity index (χ1v) is 9.19. The number of aliphatic hydroxyl groups is 1. The molecule has 1 aromatic heterocycles. The van der Waals surface area contributed by atoms with E-state index in [1.807, 2.05) is 13.8 Å². The Morgan fingerprint density at radius 3 is 2.20 bits per heavy atom. The maximum absolute atomic E-state index is 13.3. The Bertz CT molecular complexity index is 962. The largest absolute Gasteiger partial charge is 0.464 e. The molecule has 9 heteroatoms. The number of pyridine rings is 1. The third-order valence-electron chi connectivity index (χ3n) is 4.51. The van der Waals surface area contributed by atoms with E-state index in [9.17, 15) is 32.3 Å². The van der Waals surface area contributed by atoms with Crippen molar-refractivity contribution in [3.05, 3.63) is 58.3 Å². The van der Waals surface area contributed by atoms with Gasteiger partial charge in [-0.15, -0.1) is 0 Å². The smallest absolute Gasteiger partial charge is 0.418 e. The summed E-state index contributed by atoms with van der Waals surface area (Å²) in [5.74, 6) is -1.28. The third-order valence-corrected chi connectivity index (χ3v) is 4.51. The molecule has 30 heavy (non-hydrogen) atoms. The van der Waals surface area contributed by atoms with Gasteiger partial charge in [0, 0.05) is 18.0 Å². The van der Waals surface area contributed by atoms with Crippen molar-refractivity contribution >= 4 is 5.97 Å². The fourth-order valence-electron chi connectivity index (χ4n) is 2.65. The zero-order chi connectivity index (χ0) is 22.9. The SMILES string of the molecule is CC(C)COC(=O)C(C)(C)n1cc(-c2ccc(F)cc2)c(=O)c(C(O)C(F)(F)F)c1. The van der Waals surface area contributed by atoms with Crippen LogP contribution in [0.15, 0.2) is 41.5 Å². The van der Waals surface area contributed by atoms with Crippen LogP contribution in [-0.2, 0) is 15.1 Å². The molecule has 0 aliphatic heterocycles. The summed E-state index contributed by atoms with van der Waals surface area (Å²) >= 11 is 0. The van der Waals surface area contributed by atoms with Crippen molar-refractivity contribution in [2.24, 2.45) is 5.92 Å². The number of nitrogens with zero attached hydrogens (tertiary/aromatic N) is 1. The van der Waals surface area contributed by atoms with E-state index in [0.717, 1.165) is 22.9 Å². The summed E-state index contributed by atoms with van der Waals surface area (Å²) in [6.45, 7) is 6.58. The molecule has 1 heterocycles. The van der Waals surface area contributed by atoms with Crippen LogP contribution in [0.5, 0.6) is 0 Å². The molecule has 2 aromatic rings. The fraction of sp³-hybridized carbons (Fsp3) is 0.429. The molecule has 0 amide bonds. The monoisotopic (exact) mass is 429 g/mol. The first-order chi connectivity index (χ1) is 13.7. The lowest BCUT2D eigenvalue weighted by Crippen LogP contribution is -2.39. The summed E-state index contributed by atoms with van der Waals surface area (Å²) in [7, 11) is 0. The predicted octanol–water partition coefficient (Wildman–Crippen LogP) is 4.18. The number of rotatable bonds is 6. The Hall–Kier alpha value is -2.68. The molecule has 0 bridgehead atoms. The fourth-order valence-corrected chi connectivity index (χ4v) is 2.65. The van der Waals surface area contributed by atoms with Gasteiger partial charge in [0.05, 0.1) is 12.2 Å². The second-order valence-corrected chi connectivity index (χ2v) is 7.87. The highest BCUT2D eigenvalue weighted by Crippen LogP contribution is 2.33. The predicted molar refractivity (Wildman–Crippen MR) is 102 cm³/mol. The molecule has 0 saturated heterocycles. The van der Waals surface area contributed by atoms with Crippen molar-refractivity contribution < 1.29 is 32.2 Å². The molecule has 0 aliphatic carbocycles. The molecule has 0 saturated carbocycles. The van der Waals surface area contributed by atoms with Crippen LogP contribution in [0.1, 0.15) is 39.4 Å². The zero-order valence-corrected chi connectivity index (χ0v) is 17.0. The number of hydrogen-bond donors (Lipinski definition) is 1. The molecule has 164 valence electrons. The first-order valence-electron chi connectivity index (χ1n) is 9.19. The van der Waals surface area contributed by atoms with E-state index in [1.165, 1.54) is 32.2 Å². The van der Waals surface area contributed by atoms with Gasteiger partial charge in [0.2, 0.25) is 0 Å². The molecule has 0 spiro atoms. The lowest BCUT2D eigenvalue weighted by atomic mass is 9.99. The molecule has 1 atom stereocenters. The van der Waals surface area contributed by atoms with E-state index in [1.54, 1.807) is 0 Å². The van der Waals surface area contributed by atoms with Gasteiger partial charge in [-0.3, -0.25) is 4.79 Å². The van der Waals surface area contributed by atoms with Crippen molar-refractivity contribution in [1.29, 1.82) is 0 Å². The van der Waals surface area contributed by atoms with Crippen LogP contribution in [0.3, 0.4) is 0 Å². The second-order valence-electron chi connectivity index (χ2n) is 7.87. The van der Waals surface area contributed by atoms with Crippen molar-refractivity contribution in [1.82, 2.24) is 4.57 Å². The molecule has 0 aliphatic rings. The van der Waals surface area contributed by atoms with Gasteiger partial charge in [0.15, 0.2) is 11.5 Å². The van der Waals surface area contributed by atoms with Crippen molar-refractivity contribution in [3.8, 4) is 11.1 Å². The maximum atomic E-state index is 13.3. The normalized spacial score (nSPS) is 13.4. The van der Waals surface area contributed by atoms with E-state index in [2.05, 4.69) is 0 Å². The second kappa shape index (κ2) is 8.59. The highest BCUT2D eigenvalue weighted by molar-refractivity contribution is 5.78. The minimum Gasteiger partial charge on any atom is -0.464 e. The number of esters is 1. The average Bonchev–Trinajstić information content (AvgIpc) is 2.65. The Labute approximate surface area is 170 Å². The van der Waals surface area contributed by atoms with Crippen LogP contribution >= 0.6 is 0 Å². The Kier molecular flexibility index (Phi) is 6.76. The lowest BCUT2D eigenvalue weighted by molar-refractivity contribution is -0.207. The van der Waals surface area contributed by atoms with E-state index in [4.69, 9.17) is 4.74 Å². The van der Waals surface area contributed by atoms with E-state index in [-0.39, 0.29) is 23.7 Å². The van der Waals surface area contributed by atoms with Gasteiger partial charge in [-0.05, 0) is 37.5 Å². The Morgan fingerprint density at radius 1 is 1.13 bits per heavy atom. The van der Waals surface area contributed by atoms with Gasteiger partial charge in [-0.25, -0.2) is 9.18 Å². The minimum absolute atomic E-state index is 0.0381. The number of hydrogen-bond acceptors (Lipinski definition) is 4. The summed E-state index contributed by atoms with van der Waals surface area (Å²) in [4.78, 5) is 25.3. The Balaban J connectivity index is 2.68.